The van der Waals surface area contributed by atoms with Crippen LogP contribution in [-0.2, 0) is 29.0 Å². The Morgan fingerprint density at radius 2 is 1.73 bits per heavy atom. The van der Waals surface area contributed by atoms with Crippen LogP contribution in [0.3, 0.4) is 0 Å². The lowest BCUT2D eigenvalue weighted by Crippen LogP contribution is -2.16. The highest BCUT2D eigenvalue weighted by Gasteiger charge is 2.24. The predicted octanol–water partition coefficient (Wildman–Crippen LogP) is 4.83. The Bertz CT molecular complexity index is 1360. The Kier molecular flexibility index (Phi) is 8.49. The smallest absolute Gasteiger partial charge is 0.359 e. The maximum atomic E-state index is 12.1. The van der Waals surface area contributed by atoms with E-state index < -0.39 is 11.9 Å². The highest BCUT2D eigenvalue weighted by atomic mass is 16.5. The molecule has 0 radical (unpaired) electrons. The average Bonchev–Trinajstić information content (AvgIpc) is 3.58. The van der Waals surface area contributed by atoms with Gasteiger partial charge in [0.2, 0.25) is 5.89 Å². The van der Waals surface area contributed by atoms with E-state index in [4.69, 9.17) is 18.6 Å². The number of carbonyl (C=O) groups excluding carboxylic acids is 2. The second kappa shape index (κ2) is 12.3. The van der Waals surface area contributed by atoms with Gasteiger partial charge in [0.25, 0.3) is 0 Å². The van der Waals surface area contributed by atoms with Crippen LogP contribution in [0.1, 0.15) is 50.1 Å². The summed E-state index contributed by atoms with van der Waals surface area (Å²) in [5.41, 5.74) is 2.91. The summed E-state index contributed by atoms with van der Waals surface area (Å²) in [7, 11) is 2.50. The van der Waals surface area contributed by atoms with Gasteiger partial charge >= 0.3 is 11.9 Å². The van der Waals surface area contributed by atoms with Crippen LogP contribution in [-0.4, -0.2) is 40.7 Å². The fraction of sp³-hybridized carbons (Fsp3) is 0.214. The van der Waals surface area contributed by atoms with Crippen LogP contribution in [0.15, 0.2) is 71.6 Å². The van der Waals surface area contributed by atoms with E-state index in [1.54, 1.807) is 10.8 Å². The normalized spacial score (nSPS) is 11.0. The molecular formula is C28H27N3O6. The highest BCUT2D eigenvalue weighted by Crippen LogP contribution is 2.17. The molecule has 0 saturated heterocycles. The first kappa shape index (κ1) is 25.4. The number of esters is 2. The summed E-state index contributed by atoms with van der Waals surface area (Å²) in [4.78, 5) is 32.5. The molecule has 0 amide bonds. The highest BCUT2D eigenvalue weighted by molar-refractivity contribution is 6.00. The first-order valence-electron chi connectivity index (χ1n) is 11.7. The summed E-state index contributed by atoms with van der Waals surface area (Å²) in [6, 6.07) is 17.7. The zero-order valence-electron chi connectivity index (χ0n) is 20.6. The molecule has 2 heterocycles. The van der Waals surface area contributed by atoms with E-state index >= 15 is 0 Å². The number of benzene rings is 2. The third kappa shape index (κ3) is 6.72. The first-order chi connectivity index (χ1) is 18.1. The molecule has 4 rings (SSSR count). The van der Waals surface area contributed by atoms with Crippen LogP contribution in [0, 0.1) is 0 Å². The van der Waals surface area contributed by atoms with Crippen LogP contribution in [0.25, 0.3) is 12.2 Å². The Hall–Kier alpha value is -4.66. The number of imidazole rings is 1. The zero-order valence-corrected chi connectivity index (χ0v) is 20.6. The van der Waals surface area contributed by atoms with Crippen molar-refractivity contribution in [3.05, 3.63) is 101 Å². The van der Waals surface area contributed by atoms with E-state index in [-0.39, 0.29) is 11.4 Å². The van der Waals surface area contributed by atoms with Crippen molar-refractivity contribution >= 4 is 24.1 Å². The standard InChI is InChI=1S/C28H27N3O6/c1-34-27(32)25-26(28(33)35-2)31(19-29-25)16-6-9-21-10-13-23(14-11-21)36-17-22-18-37-24(30-22)15-12-20-7-4-3-5-8-20/h3-5,7-8,10-15,18-19H,6,9,16-17H2,1-2H3/b15-12+. The molecule has 9 heteroatoms. The molecule has 0 spiro atoms. The number of methoxy groups -OCH3 is 2. The van der Waals surface area contributed by atoms with Crippen molar-refractivity contribution in [1.29, 1.82) is 0 Å². The molecule has 190 valence electrons. The summed E-state index contributed by atoms with van der Waals surface area (Å²) in [5, 5.41) is 0. The lowest BCUT2D eigenvalue weighted by atomic mass is 10.1. The number of oxazole rings is 1. The van der Waals surface area contributed by atoms with Gasteiger partial charge in [-0.1, -0.05) is 42.5 Å². The Morgan fingerprint density at radius 1 is 0.973 bits per heavy atom. The second-order valence-corrected chi connectivity index (χ2v) is 8.08. The summed E-state index contributed by atoms with van der Waals surface area (Å²) in [6.45, 7) is 0.779. The minimum Gasteiger partial charge on any atom is -0.487 e. The number of hydrogen-bond acceptors (Lipinski definition) is 8. The molecule has 0 aliphatic heterocycles. The van der Waals surface area contributed by atoms with Crippen LogP contribution in [0.5, 0.6) is 5.75 Å². The number of carbonyl (C=O) groups is 2. The van der Waals surface area contributed by atoms with Gasteiger partial charge in [-0.15, -0.1) is 0 Å². The van der Waals surface area contributed by atoms with Crippen molar-refractivity contribution < 1.29 is 28.2 Å². The number of rotatable bonds is 11. The van der Waals surface area contributed by atoms with Gasteiger partial charge in [-0.05, 0) is 42.2 Å². The van der Waals surface area contributed by atoms with Crippen molar-refractivity contribution in [2.45, 2.75) is 26.0 Å². The summed E-state index contributed by atoms with van der Waals surface area (Å²) < 4.78 is 22.4. The minimum atomic E-state index is -0.680. The monoisotopic (exact) mass is 501 g/mol. The number of ether oxygens (including phenoxy) is 3. The molecule has 2 aromatic carbocycles. The average molecular weight is 502 g/mol. The van der Waals surface area contributed by atoms with Gasteiger partial charge in [0.05, 0.1) is 20.5 Å². The van der Waals surface area contributed by atoms with Crippen molar-refractivity contribution in [1.82, 2.24) is 14.5 Å². The quantitative estimate of drug-likeness (QED) is 0.269. The molecule has 37 heavy (non-hydrogen) atoms. The molecule has 0 aliphatic rings. The Labute approximate surface area is 214 Å². The van der Waals surface area contributed by atoms with Gasteiger partial charge in [-0.2, -0.15) is 0 Å². The third-order valence-corrected chi connectivity index (χ3v) is 5.56. The topological polar surface area (TPSA) is 106 Å². The van der Waals surface area contributed by atoms with Gasteiger partial charge in [0.1, 0.15) is 24.3 Å². The Morgan fingerprint density at radius 3 is 2.46 bits per heavy atom. The fourth-order valence-electron chi connectivity index (χ4n) is 3.67. The summed E-state index contributed by atoms with van der Waals surface area (Å²) >= 11 is 0. The molecule has 2 aromatic heterocycles. The summed E-state index contributed by atoms with van der Waals surface area (Å²) in [6.07, 6.45) is 8.27. The molecule has 0 unspecified atom stereocenters. The predicted molar refractivity (Wildman–Crippen MR) is 136 cm³/mol. The number of hydrogen-bond donors (Lipinski definition) is 0. The van der Waals surface area contributed by atoms with Crippen LogP contribution in [0.4, 0.5) is 0 Å². The van der Waals surface area contributed by atoms with Gasteiger partial charge < -0.3 is 23.2 Å². The van der Waals surface area contributed by atoms with Crippen LogP contribution in [0.2, 0.25) is 0 Å². The lowest BCUT2D eigenvalue weighted by Gasteiger charge is -2.09. The molecule has 0 aliphatic carbocycles. The largest absolute Gasteiger partial charge is 0.487 e. The van der Waals surface area contributed by atoms with Gasteiger partial charge in [-0.25, -0.2) is 19.6 Å². The molecule has 0 atom stereocenters. The molecule has 4 aromatic rings. The summed E-state index contributed by atoms with van der Waals surface area (Å²) in [5.74, 6) is -0.0747. The maximum Gasteiger partial charge on any atom is 0.359 e. The van der Waals surface area contributed by atoms with E-state index in [0.29, 0.717) is 24.7 Å². The minimum absolute atomic E-state index is 0.0534. The molecule has 0 fully saturated rings. The number of aromatic nitrogens is 3. The van der Waals surface area contributed by atoms with Crippen molar-refractivity contribution in [3.8, 4) is 5.75 Å². The van der Waals surface area contributed by atoms with E-state index in [9.17, 15) is 9.59 Å². The van der Waals surface area contributed by atoms with E-state index in [2.05, 4.69) is 9.97 Å². The van der Waals surface area contributed by atoms with Gasteiger partial charge in [-0.3, -0.25) is 0 Å². The lowest BCUT2D eigenvalue weighted by molar-refractivity contribution is 0.0543. The molecule has 0 bridgehead atoms. The second-order valence-electron chi connectivity index (χ2n) is 8.08. The molecule has 9 nitrogen and oxygen atoms in total. The Balaban J connectivity index is 1.27. The molecular weight excluding hydrogens is 474 g/mol. The first-order valence-corrected chi connectivity index (χ1v) is 11.7. The molecule has 0 saturated carbocycles. The van der Waals surface area contributed by atoms with Crippen LogP contribution < -0.4 is 4.74 Å². The van der Waals surface area contributed by atoms with Crippen molar-refractivity contribution in [2.24, 2.45) is 0 Å². The maximum absolute atomic E-state index is 12.1. The number of nitrogens with zero attached hydrogens (tertiary/aromatic N) is 3. The van der Waals surface area contributed by atoms with Gasteiger partial charge in [0.15, 0.2) is 11.4 Å². The number of aryl methyl sites for hydroxylation is 2. The SMILES string of the molecule is COC(=O)c1ncn(CCCc2ccc(OCc3coc(/C=C/c4ccccc4)n3)cc2)c1C(=O)OC. The fourth-order valence-corrected chi connectivity index (χ4v) is 3.67. The van der Waals surface area contributed by atoms with Crippen molar-refractivity contribution in [3.63, 3.8) is 0 Å². The molecule has 0 N–H and O–H groups in total. The van der Waals surface area contributed by atoms with Crippen LogP contribution >= 0.6 is 0 Å². The van der Waals surface area contributed by atoms with E-state index in [0.717, 1.165) is 29.7 Å². The zero-order chi connectivity index (χ0) is 26.0. The third-order valence-electron chi connectivity index (χ3n) is 5.56. The van der Waals surface area contributed by atoms with E-state index in [1.165, 1.54) is 20.5 Å². The van der Waals surface area contributed by atoms with E-state index in [1.807, 2.05) is 66.7 Å². The van der Waals surface area contributed by atoms with Crippen molar-refractivity contribution in [2.75, 3.05) is 14.2 Å². The van der Waals surface area contributed by atoms with Gasteiger partial charge in [0, 0.05) is 12.6 Å².